The summed E-state index contributed by atoms with van der Waals surface area (Å²) in [5.74, 6) is 1.16. The molecule has 0 saturated carbocycles. The van der Waals surface area contributed by atoms with E-state index in [0.717, 1.165) is 40.6 Å². The fourth-order valence-corrected chi connectivity index (χ4v) is 4.23. The first-order chi connectivity index (χ1) is 14.3. The molecule has 0 aliphatic carbocycles. The Bertz CT molecular complexity index is 1160. The number of epoxide rings is 1. The number of ether oxygens (including phenoxy) is 3. The number of phenolic OH excluding ortho intramolecular Hbond substituents is 2. The summed E-state index contributed by atoms with van der Waals surface area (Å²) in [4.78, 5) is 0. The molecule has 0 bridgehead atoms. The number of aryl methyl sites for hydroxylation is 2. The highest BCUT2D eigenvalue weighted by Gasteiger charge is 2.50. The van der Waals surface area contributed by atoms with Crippen molar-refractivity contribution >= 4 is 10.8 Å². The van der Waals surface area contributed by atoms with Crippen molar-refractivity contribution in [2.75, 3.05) is 7.11 Å². The number of benzene rings is 2. The van der Waals surface area contributed by atoms with Gasteiger partial charge >= 0.3 is 0 Å². The van der Waals surface area contributed by atoms with E-state index >= 15 is 0 Å². The minimum absolute atomic E-state index is 0.00761. The van der Waals surface area contributed by atoms with Crippen molar-refractivity contribution in [3.05, 3.63) is 42.1 Å². The van der Waals surface area contributed by atoms with Gasteiger partial charge in [0.2, 0.25) is 12.0 Å². The first-order valence-electron chi connectivity index (χ1n) is 10.2. The highest BCUT2D eigenvalue weighted by atomic mass is 16.8. The Kier molecular flexibility index (Phi) is 4.12. The molecule has 0 radical (unpaired) electrons. The summed E-state index contributed by atoms with van der Waals surface area (Å²) in [6.45, 7) is 7.18. The fourth-order valence-electron chi connectivity index (χ4n) is 4.23. The Hall–Kier alpha value is -2.99. The second kappa shape index (κ2) is 6.51. The van der Waals surface area contributed by atoms with E-state index in [2.05, 4.69) is 37.6 Å². The molecule has 1 aromatic heterocycles. The van der Waals surface area contributed by atoms with Crippen molar-refractivity contribution in [1.82, 2.24) is 0 Å². The van der Waals surface area contributed by atoms with E-state index in [1.165, 1.54) is 0 Å². The van der Waals surface area contributed by atoms with Gasteiger partial charge < -0.3 is 24.4 Å². The van der Waals surface area contributed by atoms with Crippen LogP contribution < -0.4 is 14.0 Å². The molecular formula is C24H26NO5+. The molecule has 30 heavy (non-hydrogen) atoms. The highest BCUT2D eigenvalue weighted by molar-refractivity contribution is 5.91. The molecule has 2 N–H and O–H groups in total. The van der Waals surface area contributed by atoms with Crippen molar-refractivity contribution in [3.63, 3.8) is 0 Å². The van der Waals surface area contributed by atoms with Crippen LogP contribution in [-0.4, -0.2) is 29.7 Å². The zero-order valence-corrected chi connectivity index (χ0v) is 17.6. The molecule has 0 amide bonds. The van der Waals surface area contributed by atoms with Gasteiger partial charge in [0.25, 0.3) is 0 Å². The van der Waals surface area contributed by atoms with E-state index in [9.17, 15) is 10.2 Å². The number of hydrogen-bond acceptors (Lipinski definition) is 5. The summed E-state index contributed by atoms with van der Waals surface area (Å²) in [6.07, 6.45) is 2.60. The van der Waals surface area contributed by atoms with Crippen LogP contribution >= 0.6 is 0 Å². The normalized spacial score (nSPS) is 19.9. The van der Waals surface area contributed by atoms with Crippen LogP contribution in [0.5, 0.6) is 23.0 Å². The second-order valence-electron chi connectivity index (χ2n) is 9.11. The molecule has 5 rings (SSSR count). The number of hydrogen-bond donors (Lipinski definition) is 2. The third kappa shape index (κ3) is 3.03. The number of nitrogens with zero attached hydrogens (tertiary/aromatic N) is 1. The summed E-state index contributed by atoms with van der Waals surface area (Å²) in [7, 11) is 1.64. The monoisotopic (exact) mass is 408 g/mol. The van der Waals surface area contributed by atoms with Crippen molar-refractivity contribution < 1.29 is 29.0 Å². The van der Waals surface area contributed by atoms with Gasteiger partial charge in [0.15, 0.2) is 35.7 Å². The lowest BCUT2D eigenvalue weighted by Gasteiger charge is -2.18. The van der Waals surface area contributed by atoms with Crippen LogP contribution in [0.25, 0.3) is 22.0 Å². The zero-order valence-electron chi connectivity index (χ0n) is 17.6. The fraction of sp³-hybridized carbons (Fsp3) is 0.375. The molecule has 156 valence electrons. The maximum atomic E-state index is 10.0. The molecular weight excluding hydrogens is 382 g/mol. The Morgan fingerprint density at radius 1 is 1.10 bits per heavy atom. The maximum Gasteiger partial charge on any atom is 0.227 e. The van der Waals surface area contributed by atoms with Gasteiger partial charge in [-0.1, -0.05) is 20.8 Å². The number of aromatic nitrogens is 1. The van der Waals surface area contributed by atoms with Crippen LogP contribution in [0.4, 0.5) is 0 Å². The molecule has 3 heterocycles. The molecule has 0 spiro atoms. The third-order valence-electron chi connectivity index (χ3n) is 5.94. The van der Waals surface area contributed by atoms with Crippen molar-refractivity contribution in [2.45, 2.75) is 46.1 Å². The first-order valence-corrected chi connectivity index (χ1v) is 10.2. The number of fused-ring (bicyclic) bond motifs is 4. The van der Waals surface area contributed by atoms with Gasteiger partial charge in [-0.2, -0.15) is 4.57 Å². The van der Waals surface area contributed by atoms with Gasteiger partial charge in [-0.25, -0.2) is 0 Å². The highest BCUT2D eigenvalue weighted by Crippen LogP contribution is 2.44. The summed E-state index contributed by atoms with van der Waals surface area (Å²) in [6, 6.07) is 9.28. The van der Waals surface area contributed by atoms with Crippen molar-refractivity contribution in [1.29, 1.82) is 0 Å². The number of aromatic hydroxyl groups is 2. The van der Waals surface area contributed by atoms with E-state index in [4.69, 9.17) is 14.2 Å². The second-order valence-corrected chi connectivity index (χ2v) is 9.11. The smallest absolute Gasteiger partial charge is 0.227 e. The molecule has 2 unspecified atom stereocenters. The number of phenols is 2. The minimum Gasteiger partial charge on any atom is -0.504 e. The predicted octanol–water partition coefficient (Wildman–Crippen LogP) is 3.92. The van der Waals surface area contributed by atoms with Crippen LogP contribution in [-0.2, 0) is 17.7 Å². The molecule has 2 aliphatic rings. The van der Waals surface area contributed by atoms with Crippen LogP contribution in [0.2, 0.25) is 0 Å². The van der Waals surface area contributed by atoms with E-state index in [-0.39, 0.29) is 29.3 Å². The van der Waals surface area contributed by atoms with Crippen molar-refractivity contribution in [3.8, 4) is 34.3 Å². The molecule has 2 aliphatic heterocycles. The lowest BCUT2D eigenvalue weighted by Crippen LogP contribution is -2.40. The Morgan fingerprint density at radius 3 is 2.57 bits per heavy atom. The number of rotatable bonds is 3. The lowest BCUT2D eigenvalue weighted by atomic mass is 9.92. The van der Waals surface area contributed by atoms with Gasteiger partial charge in [0.05, 0.1) is 18.1 Å². The van der Waals surface area contributed by atoms with Crippen LogP contribution in [0.1, 0.15) is 26.3 Å². The van der Waals surface area contributed by atoms with Gasteiger partial charge in [0, 0.05) is 12.5 Å². The van der Waals surface area contributed by atoms with Gasteiger partial charge in [-0.05, 0) is 40.6 Å². The molecule has 2 aromatic carbocycles. The molecule has 3 aromatic rings. The third-order valence-corrected chi connectivity index (χ3v) is 5.94. The van der Waals surface area contributed by atoms with Crippen LogP contribution in [0.3, 0.4) is 0 Å². The standard InChI is InChI=1S/C24H25NO5/c1-24(2,3)22-23(30-22)29-21-16-12-25-8-7-14-10-18(26)19(27)11-15(14)17(25)9-13(16)5-6-20(21)28-4/h5-6,9-12,22-23,27H,7-8H2,1-4H3/p+1. The van der Waals surface area contributed by atoms with Crippen LogP contribution in [0, 0.1) is 5.41 Å². The average molecular weight is 408 g/mol. The van der Waals surface area contributed by atoms with E-state index < -0.39 is 0 Å². The van der Waals surface area contributed by atoms with Gasteiger partial charge in [-0.3, -0.25) is 0 Å². The van der Waals surface area contributed by atoms with Crippen LogP contribution in [0.15, 0.2) is 36.5 Å². The maximum absolute atomic E-state index is 10.0. The molecule has 2 atom stereocenters. The Labute approximate surface area is 175 Å². The SMILES string of the molecule is COc1ccc2cc3[n+](cc2c1OC1OC1C(C)(C)C)CCc1cc(O)c(O)cc1-3. The van der Waals surface area contributed by atoms with Gasteiger partial charge in [-0.15, -0.1) is 0 Å². The summed E-state index contributed by atoms with van der Waals surface area (Å²) in [5.41, 5.74) is 2.95. The topological polar surface area (TPSA) is 75.3 Å². The van der Waals surface area contributed by atoms with Crippen molar-refractivity contribution in [2.24, 2.45) is 5.41 Å². The first kappa shape index (κ1) is 19.0. The minimum atomic E-state index is -0.286. The molecule has 1 saturated heterocycles. The van der Waals surface area contributed by atoms with E-state index in [1.807, 2.05) is 12.1 Å². The summed E-state index contributed by atoms with van der Waals surface area (Å²) in [5, 5.41) is 21.8. The molecule has 6 nitrogen and oxygen atoms in total. The molecule has 6 heteroatoms. The molecule has 1 fully saturated rings. The quantitative estimate of drug-likeness (QED) is 0.390. The lowest BCUT2D eigenvalue weighted by molar-refractivity contribution is -0.686. The number of pyridine rings is 1. The summed E-state index contributed by atoms with van der Waals surface area (Å²) < 4.78 is 19.8. The van der Waals surface area contributed by atoms with Gasteiger partial charge in [0.1, 0.15) is 6.10 Å². The largest absolute Gasteiger partial charge is 0.504 e. The Balaban J connectivity index is 1.61. The Morgan fingerprint density at radius 2 is 1.87 bits per heavy atom. The number of methoxy groups -OCH3 is 1. The summed E-state index contributed by atoms with van der Waals surface area (Å²) >= 11 is 0. The zero-order chi connectivity index (χ0) is 21.2. The van der Waals surface area contributed by atoms with E-state index in [1.54, 1.807) is 19.2 Å². The van der Waals surface area contributed by atoms with E-state index in [0.29, 0.717) is 11.5 Å². The predicted molar refractivity (Wildman–Crippen MR) is 112 cm³/mol. The average Bonchev–Trinajstić information content (AvgIpc) is 3.48.